The number of aromatic nitrogens is 2. The monoisotopic (exact) mass is 242 g/mol. The number of anilines is 1. The van der Waals surface area contributed by atoms with Crippen molar-refractivity contribution in [2.75, 3.05) is 18.9 Å². The van der Waals surface area contributed by atoms with Crippen LogP contribution in [0, 0.1) is 13.8 Å². The average molecular weight is 243 g/mol. The fourth-order valence-electron chi connectivity index (χ4n) is 1.11. The van der Waals surface area contributed by atoms with Crippen molar-refractivity contribution in [3.05, 3.63) is 16.5 Å². The van der Waals surface area contributed by atoms with Gasteiger partial charge in [0.25, 0.3) is 0 Å². The first kappa shape index (κ1) is 12.7. The molecule has 0 aromatic carbocycles. The van der Waals surface area contributed by atoms with Crippen molar-refractivity contribution in [2.24, 2.45) is 0 Å². The second kappa shape index (κ2) is 5.65. The summed E-state index contributed by atoms with van der Waals surface area (Å²) in [7, 11) is 1.60. The smallest absolute Gasteiger partial charge is 0.221 e. The van der Waals surface area contributed by atoms with Crippen LogP contribution >= 0.6 is 11.6 Å². The van der Waals surface area contributed by atoms with E-state index in [-0.39, 0.29) is 5.91 Å². The fourth-order valence-corrected chi connectivity index (χ4v) is 1.34. The molecule has 1 heterocycles. The molecule has 6 heteroatoms. The number of carbonyl (C=O) groups excluding carboxylic acids is 1. The van der Waals surface area contributed by atoms with Gasteiger partial charge in [-0.05, 0) is 13.8 Å². The highest BCUT2D eigenvalue weighted by atomic mass is 35.5. The zero-order valence-electron chi connectivity index (χ0n) is 9.59. The number of hydrogen-bond acceptors (Lipinski definition) is 4. The van der Waals surface area contributed by atoms with Gasteiger partial charge in [0.15, 0.2) is 11.0 Å². The van der Waals surface area contributed by atoms with E-state index >= 15 is 0 Å². The molecule has 1 aromatic heterocycles. The van der Waals surface area contributed by atoms with Crippen molar-refractivity contribution in [1.29, 1.82) is 0 Å². The van der Waals surface area contributed by atoms with E-state index in [1.54, 1.807) is 7.05 Å². The van der Waals surface area contributed by atoms with Crippen LogP contribution in [0.2, 0.25) is 5.15 Å². The Morgan fingerprint density at radius 1 is 1.31 bits per heavy atom. The maximum absolute atomic E-state index is 11.0. The Hall–Kier alpha value is -1.36. The van der Waals surface area contributed by atoms with Crippen molar-refractivity contribution in [2.45, 2.75) is 20.3 Å². The minimum Gasteiger partial charge on any atom is -0.367 e. The Morgan fingerprint density at radius 3 is 2.56 bits per heavy atom. The van der Waals surface area contributed by atoms with Crippen LogP contribution in [0.5, 0.6) is 0 Å². The van der Waals surface area contributed by atoms with Crippen LogP contribution in [0.15, 0.2) is 0 Å². The van der Waals surface area contributed by atoms with E-state index in [1.165, 1.54) is 0 Å². The van der Waals surface area contributed by atoms with Gasteiger partial charge in [-0.3, -0.25) is 4.79 Å². The maximum Gasteiger partial charge on any atom is 0.221 e. The van der Waals surface area contributed by atoms with Gasteiger partial charge in [-0.25, -0.2) is 9.97 Å². The predicted molar refractivity (Wildman–Crippen MR) is 63.7 cm³/mol. The van der Waals surface area contributed by atoms with Crippen molar-refractivity contribution in [1.82, 2.24) is 15.3 Å². The van der Waals surface area contributed by atoms with Crippen LogP contribution in [0.4, 0.5) is 5.82 Å². The predicted octanol–water partition coefficient (Wildman–Crippen LogP) is 1.29. The Balaban J connectivity index is 2.60. The number of nitrogens with zero attached hydrogens (tertiary/aromatic N) is 2. The molecule has 1 aromatic rings. The molecule has 88 valence electrons. The topological polar surface area (TPSA) is 66.9 Å². The second-order valence-electron chi connectivity index (χ2n) is 3.38. The summed E-state index contributed by atoms with van der Waals surface area (Å²) in [6.07, 6.45) is 0.376. The van der Waals surface area contributed by atoms with Crippen LogP contribution in [0.3, 0.4) is 0 Å². The Morgan fingerprint density at radius 2 is 1.94 bits per heavy atom. The third-order valence-corrected chi connectivity index (χ3v) is 2.45. The van der Waals surface area contributed by atoms with Crippen LogP contribution in [-0.2, 0) is 4.79 Å². The number of nitrogens with one attached hydrogen (secondary N) is 2. The van der Waals surface area contributed by atoms with Gasteiger partial charge in [0.2, 0.25) is 5.91 Å². The quantitative estimate of drug-likeness (QED) is 0.835. The SMILES string of the molecule is CNC(=O)CCNc1nc(C)c(C)nc1Cl. The molecule has 1 rings (SSSR count). The summed E-state index contributed by atoms with van der Waals surface area (Å²) in [4.78, 5) is 19.4. The van der Waals surface area contributed by atoms with E-state index in [0.717, 1.165) is 11.4 Å². The molecule has 16 heavy (non-hydrogen) atoms. The summed E-state index contributed by atoms with van der Waals surface area (Å²) in [6.45, 7) is 4.20. The average Bonchev–Trinajstić information content (AvgIpc) is 2.25. The molecular formula is C10H15ClN4O. The fraction of sp³-hybridized carbons (Fsp3) is 0.500. The van der Waals surface area contributed by atoms with Gasteiger partial charge >= 0.3 is 0 Å². The lowest BCUT2D eigenvalue weighted by atomic mass is 10.3. The lowest BCUT2D eigenvalue weighted by Crippen LogP contribution is -2.21. The second-order valence-corrected chi connectivity index (χ2v) is 3.74. The molecular weight excluding hydrogens is 228 g/mol. The first-order valence-corrected chi connectivity index (χ1v) is 5.37. The lowest BCUT2D eigenvalue weighted by Gasteiger charge is -2.08. The zero-order valence-corrected chi connectivity index (χ0v) is 10.4. The molecule has 0 fully saturated rings. The summed E-state index contributed by atoms with van der Waals surface area (Å²) < 4.78 is 0. The number of hydrogen-bond donors (Lipinski definition) is 2. The van der Waals surface area contributed by atoms with Crippen molar-refractivity contribution in [3.63, 3.8) is 0 Å². The van der Waals surface area contributed by atoms with Gasteiger partial charge in [0, 0.05) is 20.0 Å². The minimum atomic E-state index is -0.0274. The number of amides is 1. The van der Waals surface area contributed by atoms with Crippen LogP contribution < -0.4 is 10.6 Å². The molecule has 0 unspecified atom stereocenters. The number of halogens is 1. The lowest BCUT2D eigenvalue weighted by molar-refractivity contribution is -0.120. The summed E-state index contributed by atoms with van der Waals surface area (Å²) in [5.41, 5.74) is 1.63. The highest BCUT2D eigenvalue weighted by Crippen LogP contribution is 2.17. The van der Waals surface area contributed by atoms with Gasteiger partial charge in [-0.1, -0.05) is 11.6 Å². The molecule has 5 nitrogen and oxygen atoms in total. The third-order valence-electron chi connectivity index (χ3n) is 2.19. The largest absolute Gasteiger partial charge is 0.367 e. The third kappa shape index (κ3) is 3.34. The number of rotatable bonds is 4. The summed E-state index contributed by atoms with van der Waals surface area (Å²) >= 11 is 5.91. The zero-order chi connectivity index (χ0) is 12.1. The Labute approximate surface area is 99.6 Å². The normalized spacial score (nSPS) is 10.0. The molecule has 0 aliphatic heterocycles. The minimum absolute atomic E-state index is 0.0274. The van der Waals surface area contributed by atoms with Gasteiger partial charge < -0.3 is 10.6 Å². The highest BCUT2D eigenvalue weighted by Gasteiger charge is 2.06. The molecule has 1 amide bonds. The molecule has 2 N–H and O–H groups in total. The van der Waals surface area contributed by atoms with E-state index in [4.69, 9.17) is 11.6 Å². The summed E-state index contributed by atoms with van der Waals surface area (Å²) in [5, 5.41) is 5.85. The number of aryl methyl sites for hydroxylation is 2. The van der Waals surface area contributed by atoms with E-state index in [2.05, 4.69) is 20.6 Å². The molecule has 0 spiro atoms. The number of carbonyl (C=O) groups is 1. The van der Waals surface area contributed by atoms with E-state index in [1.807, 2.05) is 13.8 Å². The highest BCUT2D eigenvalue weighted by molar-refractivity contribution is 6.31. The first-order chi connectivity index (χ1) is 7.54. The maximum atomic E-state index is 11.0. The molecule has 0 saturated carbocycles. The standard InChI is InChI=1S/C10H15ClN4O/c1-6-7(2)15-10(9(11)14-6)13-5-4-8(16)12-3/h4-5H2,1-3H3,(H,12,16)(H,13,15). The van der Waals surface area contributed by atoms with Crippen LogP contribution in [0.25, 0.3) is 0 Å². The van der Waals surface area contributed by atoms with E-state index in [0.29, 0.717) is 23.9 Å². The molecule has 0 saturated heterocycles. The first-order valence-electron chi connectivity index (χ1n) is 4.99. The molecule has 0 bridgehead atoms. The van der Waals surface area contributed by atoms with Crippen LogP contribution in [0.1, 0.15) is 17.8 Å². The van der Waals surface area contributed by atoms with Gasteiger partial charge in [-0.2, -0.15) is 0 Å². The Bertz CT molecular complexity index is 395. The van der Waals surface area contributed by atoms with Gasteiger partial charge in [-0.15, -0.1) is 0 Å². The summed E-state index contributed by atoms with van der Waals surface area (Å²) in [6, 6.07) is 0. The molecule has 0 aliphatic rings. The molecule has 0 atom stereocenters. The van der Waals surface area contributed by atoms with E-state index < -0.39 is 0 Å². The van der Waals surface area contributed by atoms with Crippen molar-refractivity contribution >= 4 is 23.3 Å². The van der Waals surface area contributed by atoms with Crippen LogP contribution in [-0.4, -0.2) is 29.5 Å². The summed E-state index contributed by atoms with van der Waals surface area (Å²) in [5.74, 6) is 0.495. The van der Waals surface area contributed by atoms with Gasteiger partial charge in [0.1, 0.15) is 0 Å². The van der Waals surface area contributed by atoms with E-state index in [9.17, 15) is 4.79 Å². The van der Waals surface area contributed by atoms with Gasteiger partial charge in [0.05, 0.1) is 11.4 Å². The molecule has 0 radical (unpaired) electrons. The van der Waals surface area contributed by atoms with Crippen molar-refractivity contribution < 1.29 is 4.79 Å². The molecule has 0 aliphatic carbocycles. The Kier molecular flexibility index (Phi) is 4.49. The van der Waals surface area contributed by atoms with Crippen molar-refractivity contribution in [3.8, 4) is 0 Å².